The molecule has 0 saturated carbocycles. The van der Waals surface area contributed by atoms with Crippen molar-refractivity contribution in [2.24, 2.45) is 5.92 Å². The number of rotatable bonds is 4. The van der Waals surface area contributed by atoms with Gasteiger partial charge in [-0.05, 0) is 44.7 Å². The zero-order valence-corrected chi connectivity index (χ0v) is 17.3. The maximum Gasteiger partial charge on any atom is 0.253 e. The summed E-state index contributed by atoms with van der Waals surface area (Å²) in [4.78, 5) is 33.2. The van der Waals surface area contributed by atoms with Crippen molar-refractivity contribution in [1.82, 2.24) is 19.4 Å². The van der Waals surface area contributed by atoms with Gasteiger partial charge in [0.1, 0.15) is 0 Å². The van der Waals surface area contributed by atoms with Crippen LogP contribution in [-0.2, 0) is 16.8 Å². The highest BCUT2D eigenvalue weighted by Gasteiger charge is 2.29. The molecule has 0 radical (unpaired) electrons. The zero-order valence-electron chi connectivity index (χ0n) is 17.3. The number of piperidine rings is 1. The third-order valence-electron chi connectivity index (χ3n) is 6.06. The Balaban J connectivity index is 1.51. The van der Waals surface area contributed by atoms with E-state index < -0.39 is 0 Å². The van der Waals surface area contributed by atoms with Crippen molar-refractivity contribution < 1.29 is 4.79 Å². The second-order valence-corrected chi connectivity index (χ2v) is 9.27. The van der Waals surface area contributed by atoms with Crippen molar-refractivity contribution in [3.63, 3.8) is 0 Å². The maximum atomic E-state index is 12.4. The van der Waals surface area contributed by atoms with Gasteiger partial charge in [-0.25, -0.2) is 4.98 Å². The first-order chi connectivity index (χ1) is 12.7. The molecule has 6 heteroatoms. The molecule has 1 aromatic rings. The molecule has 0 bridgehead atoms. The maximum absolute atomic E-state index is 12.4. The predicted molar refractivity (Wildman–Crippen MR) is 107 cm³/mol. The van der Waals surface area contributed by atoms with Crippen molar-refractivity contribution in [3.8, 4) is 0 Å². The van der Waals surface area contributed by atoms with Gasteiger partial charge in [-0.3, -0.25) is 14.2 Å². The summed E-state index contributed by atoms with van der Waals surface area (Å²) in [7, 11) is 0. The average molecular weight is 375 g/mol. The van der Waals surface area contributed by atoms with E-state index in [1.165, 1.54) is 0 Å². The monoisotopic (exact) mass is 374 g/mol. The first-order valence-electron chi connectivity index (χ1n) is 10.3. The van der Waals surface area contributed by atoms with Crippen LogP contribution in [0.2, 0.25) is 0 Å². The summed E-state index contributed by atoms with van der Waals surface area (Å²) < 4.78 is 1.77. The highest BCUT2D eigenvalue weighted by molar-refractivity contribution is 5.73. The van der Waals surface area contributed by atoms with Gasteiger partial charge in [0.25, 0.3) is 5.56 Å². The Hall–Kier alpha value is -1.69. The number of carbonyl (C=O) groups is 1. The SMILES string of the molecule is CC(=O)N1CCCC1CN1CCC(Cn2cnc(C(C)(C)C)cc2=O)CC1. The third-order valence-corrected chi connectivity index (χ3v) is 6.06. The molecule has 150 valence electrons. The van der Waals surface area contributed by atoms with Crippen molar-refractivity contribution in [2.45, 2.75) is 71.4 Å². The van der Waals surface area contributed by atoms with Gasteiger partial charge in [-0.1, -0.05) is 20.8 Å². The van der Waals surface area contributed by atoms with Gasteiger partial charge in [-0.2, -0.15) is 0 Å². The second-order valence-electron chi connectivity index (χ2n) is 9.27. The van der Waals surface area contributed by atoms with Crippen LogP contribution in [0.25, 0.3) is 0 Å². The van der Waals surface area contributed by atoms with Gasteiger partial charge >= 0.3 is 0 Å². The van der Waals surface area contributed by atoms with Crippen LogP contribution in [0.4, 0.5) is 0 Å². The summed E-state index contributed by atoms with van der Waals surface area (Å²) in [6, 6.07) is 2.07. The molecule has 3 heterocycles. The molecule has 2 aliphatic heterocycles. The number of hydrogen-bond acceptors (Lipinski definition) is 4. The molecular formula is C21H34N4O2. The Morgan fingerprint density at radius 3 is 2.44 bits per heavy atom. The summed E-state index contributed by atoms with van der Waals surface area (Å²) in [6.45, 7) is 12.7. The lowest BCUT2D eigenvalue weighted by molar-refractivity contribution is -0.130. The number of nitrogens with zero attached hydrogens (tertiary/aromatic N) is 4. The van der Waals surface area contributed by atoms with E-state index >= 15 is 0 Å². The lowest BCUT2D eigenvalue weighted by atomic mass is 9.92. The van der Waals surface area contributed by atoms with Crippen LogP contribution in [0, 0.1) is 5.92 Å². The minimum absolute atomic E-state index is 0.0559. The van der Waals surface area contributed by atoms with Gasteiger partial charge in [-0.15, -0.1) is 0 Å². The van der Waals surface area contributed by atoms with Crippen LogP contribution in [0.15, 0.2) is 17.2 Å². The number of amides is 1. The number of aromatic nitrogens is 2. The molecule has 1 amide bonds. The second kappa shape index (κ2) is 8.13. The highest BCUT2D eigenvalue weighted by Crippen LogP contribution is 2.23. The lowest BCUT2D eigenvalue weighted by Gasteiger charge is -2.35. The van der Waals surface area contributed by atoms with Gasteiger partial charge in [0, 0.05) is 44.1 Å². The van der Waals surface area contributed by atoms with Crippen LogP contribution in [0.3, 0.4) is 0 Å². The Bertz CT molecular complexity index is 714. The molecule has 6 nitrogen and oxygen atoms in total. The summed E-state index contributed by atoms with van der Waals surface area (Å²) in [6.07, 6.45) is 6.17. The molecular weight excluding hydrogens is 340 g/mol. The number of carbonyl (C=O) groups excluding carboxylic acids is 1. The summed E-state index contributed by atoms with van der Waals surface area (Å²) in [5.41, 5.74) is 0.808. The van der Waals surface area contributed by atoms with Gasteiger partial charge < -0.3 is 9.80 Å². The van der Waals surface area contributed by atoms with Crippen molar-refractivity contribution in [1.29, 1.82) is 0 Å². The Morgan fingerprint density at radius 1 is 1.15 bits per heavy atom. The molecule has 2 aliphatic rings. The molecule has 1 atom stereocenters. The molecule has 0 aliphatic carbocycles. The number of hydrogen-bond donors (Lipinski definition) is 0. The van der Waals surface area contributed by atoms with E-state index in [9.17, 15) is 9.59 Å². The van der Waals surface area contributed by atoms with E-state index in [4.69, 9.17) is 0 Å². The average Bonchev–Trinajstić information content (AvgIpc) is 3.06. The van der Waals surface area contributed by atoms with E-state index in [0.717, 1.165) is 64.1 Å². The summed E-state index contributed by atoms with van der Waals surface area (Å²) in [5.74, 6) is 0.728. The predicted octanol–water partition coefficient (Wildman–Crippen LogP) is 2.26. The highest BCUT2D eigenvalue weighted by atomic mass is 16.2. The van der Waals surface area contributed by atoms with Gasteiger partial charge in [0.2, 0.25) is 5.91 Å². The molecule has 0 N–H and O–H groups in total. The lowest BCUT2D eigenvalue weighted by Crippen LogP contribution is -2.45. The molecule has 2 saturated heterocycles. The van der Waals surface area contributed by atoms with Crippen molar-refractivity contribution in [2.75, 3.05) is 26.2 Å². The molecule has 0 spiro atoms. The van der Waals surface area contributed by atoms with E-state index in [1.54, 1.807) is 23.9 Å². The molecule has 3 rings (SSSR count). The van der Waals surface area contributed by atoms with Gasteiger partial charge in [0.05, 0.1) is 12.0 Å². The van der Waals surface area contributed by atoms with Crippen LogP contribution in [0.5, 0.6) is 0 Å². The van der Waals surface area contributed by atoms with Crippen LogP contribution >= 0.6 is 0 Å². The first-order valence-corrected chi connectivity index (χ1v) is 10.3. The smallest absolute Gasteiger partial charge is 0.253 e. The normalized spacial score (nSPS) is 22.4. The fourth-order valence-electron chi connectivity index (χ4n) is 4.34. The fourth-order valence-corrected chi connectivity index (χ4v) is 4.34. The third kappa shape index (κ3) is 4.98. The Labute approximate surface area is 162 Å². The molecule has 0 aromatic carbocycles. The Kier molecular flexibility index (Phi) is 6.04. The summed E-state index contributed by atoms with van der Waals surface area (Å²) in [5, 5.41) is 0. The van der Waals surface area contributed by atoms with Crippen molar-refractivity contribution in [3.05, 3.63) is 28.4 Å². The molecule has 1 aromatic heterocycles. The first kappa shape index (κ1) is 20.1. The topological polar surface area (TPSA) is 58.4 Å². The quantitative estimate of drug-likeness (QED) is 0.811. The van der Waals surface area contributed by atoms with E-state index in [0.29, 0.717) is 12.0 Å². The summed E-state index contributed by atoms with van der Waals surface area (Å²) >= 11 is 0. The van der Waals surface area contributed by atoms with Crippen LogP contribution < -0.4 is 5.56 Å². The fraction of sp³-hybridized carbons (Fsp3) is 0.762. The largest absolute Gasteiger partial charge is 0.339 e. The minimum atomic E-state index is -0.0996. The van der Waals surface area contributed by atoms with Crippen LogP contribution in [0.1, 0.15) is 59.1 Å². The Morgan fingerprint density at radius 2 is 1.85 bits per heavy atom. The minimum Gasteiger partial charge on any atom is -0.339 e. The zero-order chi connectivity index (χ0) is 19.6. The van der Waals surface area contributed by atoms with E-state index in [-0.39, 0.29) is 16.9 Å². The van der Waals surface area contributed by atoms with E-state index in [2.05, 4.69) is 30.7 Å². The van der Waals surface area contributed by atoms with Crippen molar-refractivity contribution >= 4 is 5.91 Å². The van der Waals surface area contributed by atoms with E-state index in [1.807, 2.05) is 4.90 Å². The molecule has 27 heavy (non-hydrogen) atoms. The van der Waals surface area contributed by atoms with Crippen LogP contribution in [-0.4, -0.2) is 57.5 Å². The molecule has 2 fully saturated rings. The number of likely N-dealkylation sites (tertiary alicyclic amines) is 2. The standard InChI is InChI=1S/C21H34N4O2/c1-16(26)25-9-5-6-18(25)14-23-10-7-17(8-11-23)13-24-15-22-19(12-20(24)27)21(2,3)4/h12,15,17-18H,5-11,13-14H2,1-4H3. The molecule has 1 unspecified atom stereocenters. The van der Waals surface area contributed by atoms with Gasteiger partial charge in [0.15, 0.2) is 0 Å².